The molecule has 23 heavy (non-hydrogen) atoms. The van der Waals surface area contributed by atoms with Gasteiger partial charge < -0.3 is 0 Å². The molecule has 0 saturated heterocycles. The maximum Gasteiger partial charge on any atom is 0.295 e. The van der Waals surface area contributed by atoms with Crippen LogP contribution in [0.5, 0.6) is 0 Å². The molecule has 0 aliphatic carbocycles. The second-order valence-corrected chi connectivity index (χ2v) is 9.08. The van der Waals surface area contributed by atoms with Crippen LogP contribution in [-0.4, -0.2) is 25.9 Å². The molecule has 2 aromatic carbocycles. The van der Waals surface area contributed by atoms with Crippen LogP contribution in [0.2, 0.25) is 0 Å². The van der Waals surface area contributed by atoms with Crippen molar-refractivity contribution in [3.63, 3.8) is 0 Å². The number of fused-ring (bicyclic) bond motifs is 1. The van der Waals surface area contributed by atoms with E-state index in [2.05, 4.69) is 0 Å². The smallest absolute Gasteiger partial charge is 0.282 e. The summed E-state index contributed by atoms with van der Waals surface area (Å²) in [5.74, 6) is 0. The first-order valence-corrected chi connectivity index (χ1v) is 10.6. The molecule has 0 fully saturated rings. The lowest BCUT2D eigenvalue weighted by Crippen LogP contribution is -2.05. The van der Waals surface area contributed by atoms with Gasteiger partial charge in [-0.3, -0.25) is 9.11 Å². The predicted molar refractivity (Wildman–Crippen MR) is 95.0 cm³/mol. The number of aryl methyl sites for hydroxylation is 2. The van der Waals surface area contributed by atoms with E-state index in [-0.39, 0.29) is 9.79 Å². The fourth-order valence-corrected chi connectivity index (χ4v) is 5.05. The van der Waals surface area contributed by atoms with Crippen molar-refractivity contribution in [1.29, 1.82) is 0 Å². The Balaban J connectivity index is 3.02. The summed E-state index contributed by atoms with van der Waals surface area (Å²) in [5, 5.41) is 1.07. The van der Waals surface area contributed by atoms with Gasteiger partial charge in [-0.25, -0.2) is 0 Å². The van der Waals surface area contributed by atoms with E-state index < -0.39 is 20.2 Å². The summed E-state index contributed by atoms with van der Waals surface area (Å²) in [4.78, 5) is -0.576. The van der Waals surface area contributed by atoms with E-state index >= 15 is 0 Å². The summed E-state index contributed by atoms with van der Waals surface area (Å²) in [6.07, 6.45) is 1.32. The van der Waals surface area contributed by atoms with Crippen LogP contribution in [-0.2, 0) is 26.7 Å². The Morgan fingerprint density at radius 1 is 1.04 bits per heavy atom. The molecule has 9 heteroatoms. The standard InChI is InChI=1S/C14H15IO6S2/c1-3-4-9-5-11(22(16,17)18)6-10-7-12(23(19,20)21)14(15)8(2)13(9)10/h5-7H,3-4H2,1-2H3,(H,16,17,18)(H,19,20,21). The molecule has 0 aliphatic rings. The van der Waals surface area contributed by atoms with E-state index in [1.165, 1.54) is 18.2 Å². The molecule has 0 unspecified atom stereocenters. The third-order valence-electron chi connectivity index (χ3n) is 3.53. The van der Waals surface area contributed by atoms with Crippen LogP contribution in [0.15, 0.2) is 28.0 Å². The maximum absolute atomic E-state index is 11.5. The van der Waals surface area contributed by atoms with Gasteiger partial charge in [0.05, 0.1) is 4.90 Å². The fraction of sp³-hybridized carbons (Fsp3) is 0.286. The Hall–Kier alpha value is -0.750. The lowest BCUT2D eigenvalue weighted by molar-refractivity contribution is 0.481. The summed E-state index contributed by atoms with van der Waals surface area (Å²) < 4.78 is 65.0. The molecule has 0 saturated carbocycles. The largest absolute Gasteiger partial charge is 0.295 e. The molecule has 0 aliphatic heterocycles. The van der Waals surface area contributed by atoms with E-state index in [9.17, 15) is 25.9 Å². The van der Waals surface area contributed by atoms with Gasteiger partial charge in [-0.15, -0.1) is 0 Å². The second kappa shape index (κ2) is 6.28. The minimum Gasteiger partial charge on any atom is -0.282 e. The highest BCUT2D eigenvalue weighted by Gasteiger charge is 2.21. The molecule has 6 nitrogen and oxygen atoms in total. The Labute approximate surface area is 148 Å². The number of rotatable bonds is 4. The quantitative estimate of drug-likeness (QED) is 0.525. The number of halogens is 1. The Morgan fingerprint density at radius 2 is 1.65 bits per heavy atom. The SMILES string of the molecule is CCCc1cc(S(=O)(=O)O)cc2cc(S(=O)(=O)O)c(I)c(C)c12. The van der Waals surface area contributed by atoms with E-state index in [0.717, 1.165) is 11.8 Å². The average molecular weight is 470 g/mol. The van der Waals surface area contributed by atoms with Crippen molar-refractivity contribution in [2.45, 2.75) is 36.5 Å². The third-order valence-corrected chi connectivity index (χ3v) is 6.99. The molecule has 2 N–H and O–H groups in total. The highest BCUT2D eigenvalue weighted by molar-refractivity contribution is 14.1. The number of benzene rings is 2. The van der Waals surface area contributed by atoms with Crippen molar-refractivity contribution in [3.05, 3.63) is 32.9 Å². The van der Waals surface area contributed by atoms with Crippen molar-refractivity contribution in [1.82, 2.24) is 0 Å². The summed E-state index contributed by atoms with van der Waals surface area (Å²) in [6.45, 7) is 3.64. The molecule has 2 rings (SSSR count). The van der Waals surface area contributed by atoms with Gasteiger partial charge in [0.2, 0.25) is 0 Å². The third kappa shape index (κ3) is 3.68. The average Bonchev–Trinajstić information content (AvgIpc) is 2.40. The maximum atomic E-state index is 11.5. The van der Waals surface area contributed by atoms with E-state index in [1.807, 2.05) is 29.5 Å². The molecular formula is C14H15IO6S2. The first-order chi connectivity index (χ1) is 10.5. The van der Waals surface area contributed by atoms with Crippen molar-refractivity contribution >= 4 is 53.6 Å². The van der Waals surface area contributed by atoms with Gasteiger partial charge >= 0.3 is 0 Å². The van der Waals surface area contributed by atoms with Crippen LogP contribution < -0.4 is 0 Å². The zero-order valence-corrected chi connectivity index (χ0v) is 16.2. The summed E-state index contributed by atoms with van der Waals surface area (Å²) >= 11 is 1.84. The minimum atomic E-state index is -4.44. The molecule has 0 bridgehead atoms. The van der Waals surface area contributed by atoms with Gasteiger partial charge in [0.15, 0.2) is 0 Å². The molecule has 126 valence electrons. The number of hydrogen-bond donors (Lipinski definition) is 2. The summed E-state index contributed by atoms with van der Waals surface area (Å²) in [6, 6.07) is 3.84. The predicted octanol–water partition coefficient (Wildman–Crippen LogP) is 3.20. The highest BCUT2D eigenvalue weighted by Crippen LogP contribution is 2.34. The molecule has 0 atom stereocenters. The monoisotopic (exact) mass is 470 g/mol. The van der Waals surface area contributed by atoms with Gasteiger partial charge in [0.25, 0.3) is 20.2 Å². The summed E-state index contributed by atoms with van der Waals surface area (Å²) in [5.41, 5.74) is 1.34. The summed E-state index contributed by atoms with van der Waals surface area (Å²) in [7, 11) is -8.86. The molecule has 2 aromatic rings. The number of hydrogen-bond acceptors (Lipinski definition) is 4. The zero-order chi connectivity index (χ0) is 17.6. The topological polar surface area (TPSA) is 109 Å². The highest BCUT2D eigenvalue weighted by atomic mass is 127. The van der Waals surface area contributed by atoms with Crippen LogP contribution in [0.3, 0.4) is 0 Å². The van der Waals surface area contributed by atoms with Gasteiger partial charge in [-0.2, -0.15) is 16.8 Å². The normalized spacial score (nSPS) is 12.7. The van der Waals surface area contributed by atoms with E-state index in [4.69, 9.17) is 0 Å². The Kier molecular flexibility index (Phi) is 5.07. The van der Waals surface area contributed by atoms with Crippen LogP contribution in [0.25, 0.3) is 10.8 Å². The molecule has 0 amide bonds. The Morgan fingerprint density at radius 3 is 2.13 bits per heavy atom. The van der Waals surface area contributed by atoms with Gasteiger partial charge in [0.1, 0.15) is 4.90 Å². The van der Waals surface area contributed by atoms with E-state index in [1.54, 1.807) is 6.92 Å². The van der Waals surface area contributed by atoms with Crippen LogP contribution in [0.1, 0.15) is 24.5 Å². The Bertz CT molecular complexity index is 994. The fourth-order valence-electron chi connectivity index (χ4n) is 2.57. The minimum absolute atomic E-state index is 0.280. The van der Waals surface area contributed by atoms with Gasteiger partial charge in [-0.05, 0) is 76.0 Å². The zero-order valence-electron chi connectivity index (χ0n) is 12.4. The van der Waals surface area contributed by atoms with Gasteiger partial charge in [0, 0.05) is 3.57 Å². The second-order valence-electron chi connectivity index (χ2n) is 5.19. The van der Waals surface area contributed by atoms with Crippen molar-refractivity contribution in [2.24, 2.45) is 0 Å². The van der Waals surface area contributed by atoms with Gasteiger partial charge in [-0.1, -0.05) is 13.3 Å². The van der Waals surface area contributed by atoms with Crippen LogP contribution in [0, 0.1) is 10.5 Å². The molecule has 0 heterocycles. The lowest BCUT2D eigenvalue weighted by Gasteiger charge is -2.14. The molecule has 0 aromatic heterocycles. The van der Waals surface area contributed by atoms with Crippen LogP contribution >= 0.6 is 22.6 Å². The molecular weight excluding hydrogens is 455 g/mol. The first-order valence-electron chi connectivity index (χ1n) is 6.67. The van der Waals surface area contributed by atoms with Crippen molar-refractivity contribution in [2.75, 3.05) is 0 Å². The van der Waals surface area contributed by atoms with Crippen molar-refractivity contribution < 1.29 is 25.9 Å². The van der Waals surface area contributed by atoms with Crippen molar-refractivity contribution in [3.8, 4) is 0 Å². The lowest BCUT2D eigenvalue weighted by atomic mass is 9.97. The molecule has 0 radical (unpaired) electrons. The van der Waals surface area contributed by atoms with E-state index in [0.29, 0.717) is 26.5 Å². The molecule has 0 spiro atoms. The first kappa shape index (κ1) is 18.6. The van der Waals surface area contributed by atoms with Crippen LogP contribution in [0.4, 0.5) is 0 Å².